The largest absolute Gasteiger partial charge is 0.497 e. The van der Waals surface area contributed by atoms with E-state index in [1.165, 1.54) is 12.1 Å². The molecule has 0 atom stereocenters. The first-order chi connectivity index (χ1) is 17.6. The van der Waals surface area contributed by atoms with E-state index in [0.717, 1.165) is 56.1 Å². The molecule has 1 amide bonds. The number of rotatable bonds is 8. The molecule has 4 aromatic rings. The topological polar surface area (TPSA) is 92.4 Å². The normalized spacial score (nSPS) is 14.2. The highest BCUT2D eigenvalue weighted by Crippen LogP contribution is 2.32. The van der Waals surface area contributed by atoms with Gasteiger partial charge in [-0.1, -0.05) is 0 Å². The zero-order chi connectivity index (χ0) is 24.9. The van der Waals surface area contributed by atoms with Gasteiger partial charge in [0.1, 0.15) is 11.6 Å². The standard InChI is InChI=1S/C27H28FN5O3/c1-35-21-9-5-18(6-10-21)23-17-22(27(34)29-11-2-12-33-13-15-36-16-14-33)24-25(31-32-26(24)30-23)19-3-7-20(28)8-4-19/h3-10,17H,2,11-16H2,1H3,(H,29,34)(H,30,31,32). The van der Waals surface area contributed by atoms with Crippen molar-refractivity contribution in [2.45, 2.75) is 6.42 Å². The summed E-state index contributed by atoms with van der Waals surface area (Å²) in [6.07, 6.45) is 0.835. The van der Waals surface area contributed by atoms with Crippen LogP contribution < -0.4 is 10.1 Å². The van der Waals surface area contributed by atoms with Crippen LogP contribution in [0, 0.1) is 5.82 Å². The highest BCUT2D eigenvalue weighted by Gasteiger charge is 2.20. The number of fused-ring (bicyclic) bond motifs is 1. The van der Waals surface area contributed by atoms with Crippen LogP contribution in [0.5, 0.6) is 5.75 Å². The summed E-state index contributed by atoms with van der Waals surface area (Å²) in [6.45, 7) is 4.78. The van der Waals surface area contributed by atoms with Crippen molar-refractivity contribution in [1.82, 2.24) is 25.4 Å². The number of aromatic amines is 1. The Kier molecular flexibility index (Phi) is 7.20. The van der Waals surface area contributed by atoms with Crippen LogP contribution in [0.2, 0.25) is 0 Å². The second kappa shape index (κ2) is 10.8. The summed E-state index contributed by atoms with van der Waals surface area (Å²) in [4.78, 5) is 20.5. The van der Waals surface area contributed by atoms with Crippen molar-refractivity contribution in [2.24, 2.45) is 0 Å². The number of aromatic nitrogens is 3. The molecule has 0 radical (unpaired) electrons. The average Bonchev–Trinajstić information content (AvgIpc) is 3.35. The van der Waals surface area contributed by atoms with Gasteiger partial charge in [-0.25, -0.2) is 9.37 Å². The number of carbonyl (C=O) groups excluding carboxylic acids is 1. The monoisotopic (exact) mass is 489 g/mol. The third-order valence-electron chi connectivity index (χ3n) is 6.33. The van der Waals surface area contributed by atoms with Gasteiger partial charge in [-0.2, -0.15) is 5.10 Å². The number of ether oxygens (including phenoxy) is 2. The van der Waals surface area contributed by atoms with Gasteiger partial charge < -0.3 is 14.8 Å². The van der Waals surface area contributed by atoms with Gasteiger partial charge in [-0.3, -0.25) is 14.8 Å². The molecule has 0 aliphatic carbocycles. The van der Waals surface area contributed by atoms with Crippen molar-refractivity contribution < 1.29 is 18.7 Å². The maximum atomic E-state index is 13.5. The highest BCUT2D eigenvalue weighted by atomic mass is 19.1. The quantitative estimate of drug-likeness (QED) is 0.365. The van der Waals surface area contributed by atoms with Crippen LogP contribution in [0.4, 0.5) is 4.39 Å². The lowest BCUT2D eigenvalue weighted by Crippen LogP contribution is -2.38. The van der Waals surface area contributed by atoms with E-state index in [4.69, 9.17) is 14.5 Å². The minimum atomic E-state index is -0.333. The molecule has 5 rings (SSSR count). The molecule has 0 unspecified atom stereocenters. The first kappa shape index (κ1) is 23.9. The molecular weight excluding hydrogens is 461 g/mol. The number of halogens is 1. The number of morpholine rings is 1. The van der Waals surface area contributed by atoms with E-state index in [1.54, 1.807) is 25.3 Å². The minimum absolute atomic E-state index is 0.205. The molecule has 8 nitrogen and oxygen atoms in total. The average molecular weight is 490 g/mol. The van der Waals surface area contributed by atoms with E-state index < -0.39 is 0 Å². The molecule has 0 saturated carbocycles. The van der Waals surface area contributed by atoms with Gasteiger partial charge in [-0.05, 0) is 67.6 Å². The molecule has 1 aliphatic rings. The Morgan fingerprint density at radius 1 is 1.11 bits per heavy atom. The predicted molar refractivity (Wildman–Crippen MR) is 135 cm³/mol. The van der Waals surface area contributed by atoms with Crippen LogP contribution in [-0.4, -0.2) is 72.5 Å². The molecule has 0 bridgehead atoms. The van der Waals surface area contributed by atoms with E-state index >= 15 is 0 Å². The smallest absolute Gasteiger partial charge is 0.252 e. The number of H-pyrrole nitrogens is 1. The Morgan fingerprint density at radius 3 is 2.56 bits per heavy atom. The predicted octanol–water partition coefficient (Wildman–Crippen LogP) is 3.89. The van der Waals surface area contributed by atoms with Crippen molar-refractivity contribution in [3.63, 3.8) is 0 Å². The number of pyridine rings is 1. The third kappa shape index (κ3) is 5.22. The zero-order valence-corrected chi connectivity index (χ0v) is 20.1. The number of nitrogens with zero attached hydrogens (tertiary/aromatic N) is 3. The van der Waals surface area contributed by atoms with Crippen LogP contribution in [-0.2, 0) is 4.74 Å². The summed E-state index contributed by atoms with van der Waals surface area (Å²) in [7, 11) is 1.61. The Balaban J connectivity index is 1.45. The summed E-state index contributed by atoms with van der Waals surface area (Å²) in [5.74, 6) is 0.195. The number of methoxy groups -OCH3 is 1. The van der Waals surface area contributed by atoms with E-state index in [9.17, 15) is 9.18 Å². The number of hydrogen-bond acceptors (Lipinski definition) is 6. The number of carbonyl (C=O) groups is 1. The summed E-state index contributed by atoms with van der Waals surface area (Å²) in [5, 5.41) is 11.0. The van der Waals surface area contributed by atoms with Crippen molar-refractivity contribution in [1.29, 1.82) is 0 Å². The molecule has 3 heterocycles. The first-order valence-corrected chi connectivity index (χ1v) is 12.0. The lowest BCUT2D eigenvalue weighted by Gasteiger charge is -2.26. The van der Waals surface area contributed by atoms with Crippen LogP contribution in [0.15, 0.2) is 54.6 Å². The van der Waals surface area contributed by atoms with E-state index in [2.05, 4.69) is 20.4 Å². The molecule has 2 N–H and O–H groups in total. The molecule has 2 aromatic heterocycles. The fraction of sp³-hybridized carbons (Fsp3) is 0.296. The minimum Gasteiger partial charge on any atom is -0.497 e. The van der Waals surface area contributed by atoms with Crippen LogP contribution in [0.3, 0.4) is 0 Å². The maximum absolute atomic E-state index is 13.5. The molecule has 1 aliphatic heterocycles. The number of hydrogen-bond donors (Lipinski definition) is 2. The lowest BCUT2D eigenvalue weighted by atomic mass is 10.0. The van der Waals surface area contributed by atoms with Crippen LogP contribution >= 0.6 is 0 Å². The Labute approximate surface area is 208 Å². The van der Waals surface area contributed by atoms with Gasteiger partial charge in [0.05, 0.1) is 42.7 Å². The number of amides is 1. The number of benzene rings is 2. The van der Waals surface area contributed by atoms with Gasteiger partial charge in [0.25, 0.3) is 5.91 Å². The second-order valence-corrected chi connectivity index (χ2v) is 8.65. The van der Waals surface area contributed by atoms with E-state index in [1.807, 2.05) is 24.3 Å². The van der Waals surface area contributed by atoms with Gasteiger partial charge >= 0.3 is 0 Å². The van der Waals surface area contributed by atoms with Crippen molar-refractivity contribution in [3.05, 3.63) is 66.0 Å². The molecule has 36 heavy (non-hydrogen) atoms. The molecule has 1 fully saturated rings. The molecule has 1 saturated heterocycles. The Bertz CT molecular complexity index is 1330. The molecule has 186 valence electrons. The Morgan fingerprint density at radius 2 is 1.83 bits per heavy atom. The van der Waals surface area contributed by atoms with Gasteiger partial charge in [0.2, 0.25) is 0 Å². The summed E-state index contributed by atoms with van der Waals surface area (Å²) in [5.41, 5.74) is 3.69. The van der Waals surface area contributed by atoms with Gasteiger partial charge in [-0.15, -0.1) is 0 Å². The third-order valence-corrected chi connectivity index (χ3v) is 6.33. The molecule has 2 aromatic carbocycles. The van der Waals surface area contributed by atoms with Crippen LogP contribution in [0.1, 0.15) is 16.8 Å². The Hall–Kier alpha value is -3.82. The molecule has 9 heteroatoms. The van der Waals surface area contributed by atoms with Crippen molar-refractivity contribution in [3.8, 4) is 28.3 Å². The van der Waals surface area contributed by atoms with Crippen molar-refractivity contribution >= 4 is 16.9 Å². The molecular formula is C27H28FN5O3. The highest BCUT2D eigenvalue weighted by molar-refractivity contribution is 6.10. The fourth-order valence-corrected chi connectivity index (χ4v) is 4.36. The summed E-state index contributed by atoms with van der Waals surface area (Å²) >= 11 is 0. The van der Waals surface area contributed by atoms with Crippen molar-refractivity contribution in [2.75, 3.05) is 46.5 Å². The van der Waals surface area contributed by atoms with Gasteiger partial charge in [0.15, 0.2) is 5.65 Å². The SMILES string of the molecule is COc1ccc(-c2cc(C(=O)NCCCN3CCOCC3)c3c(-c4ccc(F)cc4)[nH]nc3n2)cc1. The second-order valence-electron chi connectivity index (χ2n) is 8.65. The van der Waals surface area contributed by atoms with E-state index in [-0.39, 0.29) is 11.7 Å². The fourth-order valence-electron chi connectivity index (χ4n) is 4.36. The maximum Gasteiger partial charge on any atom is 0.252 e. The first-order valence-electron chi connectivity index (χ1n) is 12.0. The summed E-state index contributed by atoms with van der Waals surface area (Å²) < 4.78 is 24.2. The lowest BCUT2D eigenvalue weighted by molar-refractivity contribution is 0.0374. The number of nitrogens with one attached hydrogen (secondary N) is 2. The van der Waals surface area contributed by atoms with Gasteiger partial charge in [0, 0.05) is 30.8 Å². The summed E-state index contributed by atoms with van der Waals surface area (Å²) in [6, 6.07) is 15.3. The zero-order valence-electron chi connectivity index (χ0n) is 20.1. The molecule has 0 spiro atoms. The van der Waals surface area contributed by atoms with Crippen LogP contribution in [0.25, 0.3) is 33.5 Å². The van der Waals surface area contributed by atoms with E-state index in [0.29, 0.717) is 34.5 Å².